The van der Waals surface area contributed by atoms with Crippen molar-refractivity contribution in [1.29, 1.82) is 0 Å². The summed E-state index contributed by atoms with van der Waals surface area (Å²) in [5, 5.41) is 8.32. The topological polar surface area (TPSA) is 46.4 Å². The molecule has 0 bridgehead atoms. The van der Waals surface area contributed by atoms with Crippen LogP contribution in [0.2, 0.25) is 0 Å². The molecule has 1 heterocycles. The lowest BCUT2D eigenvalue weighted by molar-refractivity contribution is 0.228. The van der Waals surface area contributed by atoms with Gasteiger partial charge >= 0.3 is 0 Å². The van der Waals surface area contributed by atoms with Gasteiger partial charge in [0.25, 0.3) is 0 Å². The van der Waals surface area contributed by atoms with Gasteiger partial charge in [-0.25, -0.2) is 0 Å². The Labute approximate surface area is 105 Å². The summed E-state index contributed by atoms with van der Waals surface area (Å²) in [6, 6.07) is 7.40. The Bertz CT molecular complexity index is 433. The van der Waals surface area contributed by atoms with Gasteiger partial charge in [-0.05, 0) is 36.5 Å². The molecule has 1 aromatic carbocycles. The molecule has 0 amide bonds. The molecule has 0 saturated carbocycles. The standard InChI is InChI=1S/C11H13N3O2S/c1-14-10(12-13-11(14)17)7-16-9-5-3-8(15-2)4-6-9/h3-6,10H,7H2,1-2H3. The van der Waals surface area contributed by atoms with Gasteiger partial charge in [-0.15, -0.1) is 5.11 Å². The molecule has 5 nitrogen and oxygen atoms in total. The summed E-state index contributed by atoms with van der Waals surface area (Å²) in [7, 11) is 3.48. The Balaban J connectivity index is 1.89. The number of nitrogens with zero attached hydrogens (tertiary/aromatic N) is 3. The van der Waals surface area contributed by atoms with E-state index in [1.54, 1.807) is 12.0 Å². The Kier molecular flexibility index (Phi) is 3.53. The summed E-state index contributed by atoms with van der Waals surface area (Å²) in [4.78, 5) is 1.80. The van der Waals surface area contributed by atoms with Crippen molar-refractivity contribution in [3.8, 4) is 11.5 Å². The smallest absolute Gasteiger partial charge is 0.217 e. The summed E-state index contributed by atoms with van der Waals surface area (Å²) >= 11 is 4.98. The van der Waals surface area contributed by atoms with Gasteiger partial charge in [0.15, 0.2) is 6.17 Å². The first-order chi connectivity index (χ1) is 8.20. The van der Waals surface area contributed by atoms with E-state index in [0.717, 1.165) is 11.5 Å². The molecule has 6 heteroatoms. The van der Waals surface area contributed by atoms with Crippen LogP contribution in [0.25, 0.3) is 0 Å². The number of benzene rings is 1. The lowest BCUT2D eigenvalue weighted by Crippen LogP contribution is -2.33. The minimum Gasteiger partial charge on any atom is -0.497 e. The second kappa shape index (κ2) is 5.09. The first kappa shape index (κ1) is 11.8. The summed E-state index contributed by atoms with van der Waals surface area (Å²) in [5.41, 5.74) is 0. The lowest BCUT2D eigenvalue weighted by atomic mass is 10.3. The van der Waals surface area contributed by atoms with E-state index < -0.39 is 0 Å². The van der Waals surface area contributed by atoms with Crippen LogP contribution in [-0.4, -0.2) is 36.9 Å². The molecule has 1 aromatic rings. The van der Waals surface area contributed by atoms with Crippen molar-refractivity contribution in [3.63, 3.8) is 0 Å². The molecule has 1 aliphatic rings. The molecule has 17 heavy (non-hydrogen) atoms. The Morgan fingerprint density at radius 2 is 1.94 bits per heavy atom. The predicted octanol–water partition coefficient (Wildman–Crippen LogP) is 2.08. The van der Waals surface area contributed by atoms with Gasteiger partial charge in [0, 0.05) is 7.05 Å². The van der Waals surface area contributed by atoms with Crippen LogP contribution < -0.4 is 9.47 Å². The van der Waals surface area contributed by atoms with Crippen LogP contribution >= 0.6 is 12.2 Å². The molecule has 0 aromatic heterocycles. The molecule has 0 saturated heterocycles. The van der Waals surface area contributed by atoms with Crippen molar-refractivity contribution >= 4 is 17.3 Å². The Hall–Kier alpha value is -1.69. The van der Waals surface area contributed by atoms with Crippen molar-refractivity contribution < 1.29 is 9.47 Å². The zero-order chi connectivity index (χ0) is 12.3. The van der Waals surface area contributed by atoms with Gasteiger partial charge in [0.2, 0.25) is 5.11 Å². The Morgan fingerprint density at radius 1 is 1.29 bits per heavy atom. The van der Waals surface area contributed by atoms with E-state index in [1.165, 1.54) is 0 Å². The van der Waals surface area contributed by atoms with E-state index in [2.05, 4.69) is 10.2 Å². The second-order valence-electron chi connectivity index (χ2n) is 3.58. The number of thiocarbonyl (C=S) groups is 1. The zero-order valence-electron chi connectivity index (χ0n) is 9.66. The number of hydrogen-bond acceptors (Lipinski definition) is 4. The first-order valence-electron chi connectivity index (χ1n) is 5.15. The molecule has 0 spiro atoms. The van der Waals surface area contributed by atoms with Gasteiger partial charge < -0.3 is 14.4 Å². The number of likely N-dealkylation sites (N-methyl/N-ethyl adjacent to an activating group) is 1. The molecule has 2 rings (SSSR count). The molecule has 1 atom stereocenters. The quantitative estimate of drug-likeness (QED) is 0.769. The number of hydrogen-bond donors (Lipinski definition) is 0. The average molecular weight is 251 g/mol. The highest BCUT2D eigenvalue weighted by atomic mass is 32.1. The SMILES string of the molecule is COc1ccc(OCC2N=NC(=S)N2C)cc1. The van der Waals surface area contributed by atoms with Gasteiger partial charge in [0.05, 0.1) is 7.11 Å². The van der Waals surface area contributed by atoms with Crippen molar-refractivity contribution in [2.75, 3.05) is 20.8 Å². The molecule has 0 N–H and O–H groups in total. The van der Waals surface area contributed by atoms with E-state index >= 15 is 0 Å². The highest BCUT2D eigenvalue weighted by Gasteiger charge is 2.22. The monoisotopic (exact) mass is 251 g/mol. The largest absolute Gasteiger partial charge is 0.497 e. The van der Waals surface area contributed by atoms with Gasteiger partial charge in [-0.3, -0.25) is 0 Å². The normalized spacial score (nSPS) is 18.6. The van der Waals surface area contributed by atoms with Crippen LogP contribution in [0.3, 0.4) is 0 Å². The van der Waals surface area contributed by atoms with Crippen molar-refractivity contribution in [2.45, 2.75) is 6.17 Å². The summed E-state index contributed by atoms with van der Waals surface area (Å²) in [6.45, 7) is 0.423. The van der Waals surface area contributed by atoms with Gasteiger partial charge in [0.1, 0.15) is 18.1 Å². The third kappa shape index (κ3) is 2.71. The highest BCUT2D eigenvalue weighted by molar-refractivity contribution is 7.80. The summed E-state index contributed by atoms with van der Waals surface area (Å²) in [5.74, 6) is 1.57. The third-order valence-corrected chi connectivity index (χ3v) is 2.85. The maximum absolute atomic E-state index is 5.60. The minimum absolute atomic E-state index is 0.135. The molecule has 1 aliphatic heterocycles. The fraction of sp³-hybridized carbons (Fsp3) is 0.364. The molecule has 0 radical (unpaired) electrons. The van der Waals surface area contributed by atoms with Crippen LogP contribution in [0.15, 0.2) is 34.5 Å². The van der Waals surface area contributed by atoms with Crippen LogP contribution in [0.5, 0.6) is 11.5 Å². The number of rotatable bonds is 4. The van der Waals surface area contributed by atoms with Crippen LogP contribution in [0.4, 0.5) is 0 Å². The van der Waals surface area contributed by atoms with E-state index in [1.807, 2.05) is 31.3 Å². The minimum atomic E-state index is -0.135. The van der Waals surface area contributed by atoms with Crippen molar-refractivity contribution in [3.05, 3.63) is 24.3 Å². The molecular formula is C11H13N3O2S. The highest BCUT2D eigenvalue weighted by Crippen LogP contribution is 2.18. The van der Waals surface area contributed by atoms with Crippen LogP contribution in [0, 0.1) is 0 Å². The molecule has 0 aliphatic carbocycles. The van der Waals surface area contributed by atoms with Crippen LogP contribution in [-0.2, 0) is 0 Å². The van der Waals surface area contributed by atoms with Crippen molar-refractivity contribution in [1.82, 2.24) is 4.90 Å². The zero-order valence-corrected chi connectivity index (χ0v) is 10.5. The van der Waals surface area contributed by atoms with E-state index in [0.29, 0.717) is 11.7 Å². The molecular weight excluding hydrogens is 238 g/mol. The first-order valence-corrected chi connectivity index (χ1v) is 5.56. The maximum atomic E-state index is 5.60. The van der Waals surface area contributed by atoms with E-state index in [-0.39, 0.29) is 6.17 Å². The third-order valence-electron chi connectivity index (χ3n) is 2.48. The average Bonchev–Trinajstić information content (AvgIpc) is 2.68. The fourth-order valence-electron chi connectivity index (χ4n) is 1.38. The van der Waals surface area contributed by atoms with Gasteiger partial charge in [-0.2, -0.15) is 5.11 Å². The summed E-state index contributed by atoms with van der Waals surface area (Å²) in [6.07, 6.45) is -0.135. The Morgan fingerprint density at radius 3 is 2.47 bits per heavy atom. The molecule has 90 valence electrons. The number of azo groups is 1. The second-order valence-corrected chi connectivity index (χ2v) is 3.94. The van der Waals surface area contributed by atoms with Crippen molar-refractivity contribution in [2.24, 2.45) is 10.2 Å². The maximum Gasteiger partial charge on any atom is 0.217 e. The summed E-state index contributed by atoms with van der Waals surface area (Å²) < 4.78 is 10.7. The lowest BCUT2D eigenvalue weighted by Gasteiger charge is -2.17. The number of ether oxygens (including phenoxy) is 2. The molecule has 1 unspecified atom stereocenters. The predicted molar refractivity (Wildman–Crippen MR) is 67.5 cm³/mol. The van der Waals surface area contributed by atoms with Crippen LogP contribution in [0.1, 0.15) is 0 Å². The molecule has 0 fully saturated rings. The number of methoxy groups -OCH3 is 1. The fourth-order valence-corrected chi connectivity index (χ4v) is 1.55. The van der Waals surface area contributed by atoms with Gasteiger partial charge in [-0.1, -0.05) is 0 Å². The van der Waals surface area contributed by atoms with E-state index in [9.17, 15) is 0 Å². The van der Waals surface area contributed by atoms with E-state index in [4.69, 9.17) is 21.7 Å².